The van der Waals surface area contributed by atoms with Gasteiger partial charge in [-0.3, -0.25) is 15.0 Å². The van der Waals surface area contributed by atoms with Crippen LogP contribution >= 0.6 is 0 Å². The van der Waals surface area contributed by atoms with Crippen LogP contribution in [0.5, 0.6) is 0 Å². The van der Waals surface area contributed by atoms with Crippen molar-refractivity contribution in [1.82, 2.24) is 15.0 Å². The van der Waals surface area contributed by atoms with Crippen molar-refractivity contribution >= 4 is 11.1 Å². The first-order valence-corrected chi connectivity index (χ1v) is 14.8. The van der Waals surface area contributed by atoms with Crippen LogP contribution in [-0.4, -0.2) is 15.0 Å². The fraction of sp³-hybridized carbons (Fsp3) is 0.0488. The normalized spacial score (nSPS) is 12.5. The van der Waals surface area contributed by atoms with Gasteiger partial charge < -0.3 is 0 Å². The van der Waals surface area contributed by atoms with Crippen LogP contribution in [0.1, 0.15) is 29.3 Å². The summed E-state index contributed by atoms with van der Waals surface area (Å²) in [6.45, 7) is 6.22. The zero-order valence-electron chi connectivity index (χ0n) is 24.6. The molecular formula is C41H31N3. The van der Waals surface area contributed by atoms with Crippen molar-refractivity contribution < 1.29 is 0 Å². The van der Waals surface area contributed by atoms with Crippen molar-refractivity contribution in [3.63, 3.8) is 0 Å². The van der Waals surface area contributed by atoms with Gasteiger partial charge in [0.05, 0.1) is 17.1 Å². The van der Waals surface area contributed by atoms with Crippen LogP contribution < -0.4 is 0 Å². The van der Waals surface area contributed by atoms with Crippen LogP contribution in [0.25, 0.3) is 55.9 Å². The van der Waals surface area contributed by atoms with Crippen LogP contribution in [0.4, 0.5) is 0 Å². The van der Waals surface area contributed by atoms with Crippen LogP contribution in [0, 0.1) is 0 Å². The molecule has 0 radical (unpaired) electrons. The third-order valence-corrected chi connectivity index (χ3v) is 8.27. The number of hydrogen-bond donors (Lipinski definition) is 0. The Morgan fingerprint density at radius 1 is 0.614 bits per heavy atom. The number of pyridine rings is 3. The van der Waals surface area contributed by atoms with E-state index in [1.54, 1.807) is 6.20 Å². The van der Waals surface area contributed by atoms with Gasteiger partial charge in [0, 0.05) is 24.2 Å². The quantitative estimate of drug-likeness (QED) is 0.188. The summed E-state index contributed by atoms with van der Waals surface area (Å²) in [6.07, 6.45) is 12.6. The highest BCUT2D eigenvalue weighted by atomic mass is 14.8. The molecule has 0 saturated carbocycles. The van der Waals surface area contributed by atoms with Crippen LogP contribution in [0.2, 0.25) is 0 Å². The van der Waals surface area contributed by atoms with E-state index in [0.29, 0.717) is 0 Å². The zero-order chi connectivity index (χ0) is 29.9. The molecule has 0 N–H and O–H groups in total. The molecule has 6 aromatic rings. The minimum absolute atomic E-state index is 0.864. The molecule has 0 amide bonds. The van der Waals surface area contributed by atoms with Gasteiger partial charge in [0.25, 0.3) is 0 Å². The van der Waals surface area contributed by atoms with Gasteiger partial charge in [0.2, 0.25) is 0 Å². The van der Waals surface area contributed by atoms with Gasteiger partial charge in [-0.1, -0.05) is 91.5 Å². The second-order valence-corrected chi connectivity index (χ2v) is 11.0. The van der Waals surface area contributed by atoms with Crippen LogP contribution in [0.15, 0.2) is 153 Å². The third-order valence-electron chi connectivity index (χ3n) is 8.27. The molecule has 0 saturated heterocycles. The topological polar surface area (TPSA) is 38.7 Å². The second-order valence-electron chi connectivity index (χ2n) is 11.0. The van der Waals surface area contributed by atoms with Crippen LogP contribution in [0.3, 0.4) is 0 Å². The fourth-order valence-electron chi connectivity index (χ4n) is 5.89. The molecule has 3 heteroatoms. The lowest BCUT2D eigenvalue weighted by atomic mass is 9.91. The molecule has 1 aliphatic rings. The van der Waals surface area contributed by atoms with E-state index < -0.39 is 0 Å². The number of benzene rings is 3. The summed E-state index contributed by atoms with van der Waals surface area (Å²) in [4.78, 5) is 13.6. The molecule has 1 aliphatic carbocycles. The average Bonchev–Trinajstić information content (AvgIpc) is 3.23. The van der Waals surface area contributed by atoms with E-state index in [9.17, 15) is 0 Å². The van der Waals surface area contributed by atoms with Crippen LogP contribution in [-0.2, 0) is 6.42 Å². The largest absolute Gasteiger partial charge is 0.257 e. The van der Waals surface area contributed by atoms with E-state index >= 15 is 0 Å². The van der Waals surface area contributed by atoms with Crippen molar-refractivity contribution in [2.24, 2.45) is 0 Å². The van der Waals surface area contributed by atoms with Gasteiger partial charge in [0.1, 0.15) is 0 Å². The Balaban J connectivity index is 1.26. The summed E-state index contributed by atoms with van der Waals surface area (Å²) in [5.41, 5.74) is 15.9. The van der Waals surface area contributed by atoms with Crippen molar-refractivity contribution in [3.05, 3.63) is 175 Å². The smallest absolute Gasteiger partial charge is 0.0886 e. The Labute approximate surface area is 258 Å². The summed E-state index contributed by atoms with van der Waals surface area (Å²) in [7, 11) is 0. The van der Waals surface area contributed by atoms with E-state index in [4.69, 9.17) is 4.98 Å². The first kappa shape index (κ1) is 27.2. The maximum absolute atomic E-state index is 4.73. The van der Waals surface area contributed by atoms with Gasteiger partial charge >= 0.3 is 0 Å². The van der Waals surface area contributed by atoms with Crippen molar-refractivity contribution in [2.45, 2.75) is 13.3 Å². The molecule has 7 rings (SSSR count). The van der Waals surface area contributed by atoms with E-state index in [2.05, 4.69) is 102 Å². The molecule has 0 bridgehead atoms. The van der Waals surface area contributed by atoms with Gasteiger partial charge in [-0.05, 0) is 111 Å². The highest BCUT2D eigenvalue weighted by Crippen LogP contribution is 2.43. The van der Waals surface area contributed by atoms with Crippen molar-refractivity contribution in [3.8, 4) is 44.8 Å². The number of allylic oxidation sites excluding steroid dienone is 5. The Morgan fingerprint density at radius 2 is 1.30 bits per heavy atom. The number of rotatable bonds is 6. The molecule has 210 valence electrons. The molecule has 0 fully saturated rings. The molecule has 3 aromatic carbocycles. The number of fused-ring (bicyclic) bond motifs is 5. The summed E-state index contributed by atoms with van der Waals surface area (Å²) in [6, 6.07) is 38.4. The average molecular weight is 566 g/mol. The highest BCUT2D eigenvalue weighted by molar-refractivity contribution is 5.92. The number of aromatic nitrogens is 3. The highest BCUT2D eigenvalue weighted by Gasteiger charge is 2.20. The minimum atomic E-state index is 0.864. The van der Waals surface area contributed by atoms with E-state index in [1.807, 2.05) is 60.9 Å². The Bertz CT molecular complexity index is 2040. The van der Waals surface area contributed by atoms with E-state index in [-0.39, 0.29) is 0 Å². The standard InChI is InChI=1S/C41H31N3/c1-3-29(15-14-28(2)39-12-6-8-22-42-39)30-16-18-32-24-33-19-17-31(26-38(33)36-11-5-4-10-35(36)37(32)25-30)34-20-21-41(44-27-34)40-13-7-9-23-43-40/h3-23,25-27H,1,24H2,2H3/b28-14+,29-15+. The predicted molar refractivity (Wildman–Crippen MR) is 183 cm³/mol. The Hall–Kier alpha value is -5.67. The molecule has 0 atom stereocenters. The lowest BCUT2D eigenvalue weighted by molar-refractivity contribution is 1.21. The van der Waals surface area contributed by atoms with Crippen molar-refractivity contribution in [1.29, 1.82) is 0 Å². The molecule has 0 unspecified atom stereocenters. The molecule has 3 heterocycles. The molecular weight excluding hydrogens is 534 g/mol. The lowest BCUT2D eigenvalue weighted by Gasteiger charge is -2.13. The van der Waals surface area contributed by atoms with E-state index in [1.165, 1.54) is 33.4 Å². The second kappa shape index (κ2) is 11.9. The molecule has 3 nitrogen and oxygen atoms in total. The summed E-state index contributed by atoms with van der Waals surface area (Å²) in [5.74, 6) is 0. The maximum Gasteiger partial charge on any atom is 0.0886 e. The summed E-state index contributed by atoms with van der Waals surface area (Å²) < 4.78 is 0. The Morgan fingerprint density at radius 3 is 1.98 bits per heavy atom. The van der Waals surface area contributed by atoms with Gasteiger partial charge in [0.15, 0.2) is 0 Å². The van der Waals surface area contributed by atoms with Gasteiger partial charge in [-0.15, -0.1) is 0 Å². The minimum Gasteiger partial charge on any atom is -0.257 e. The van der Waals surface area contributed by atoms with E-state index in [0.717, 1.165) is 51.3 Å². The lowest BCUT2D eigenvalue weighted by Crippen LogP contribution is -1.93. The third kappa shape index (κ3) is 5.32. The molecule has 44 heavy (non-hydrogen) atoms. The fourth-order valence-corrected chi connectivity index (χ4v) is 5.89. The monoisotopic (exact) mass is 565 g/mol. The Kier molecular flexibility index (Phi) is 7.35. The molecule has 3 aromatic heterocycles. The SMILES string of the molecule is C=C/C(=C\C=C(/C)c1ccccn1)c1ccc2c(c1)-c1ccccc1-c1cc(-c3ccc(-c4ccccn4)nc3)ccc1C2. The van der Waals surface area contributed by atoms with Crippen molar-refractivity contribution in [2.75, 3.05) is 0 Å². The predicted octanol–water partition coefficient (Wildman–Crippen LogP) is 10.1. The maximum atomic E-state index is 4.73. The summed E-state index contributed by atoms with van der Waals surface area (Å²) >= 11 is 0. The first-order valence-electron chi connectivity index (χ1n) is 14.8. The number of nitrogens with zero attached hydrogens (tertiary/aromatic N) is 3. The molecule has 0 spiro atoms. The number of hydrogen-bond acceptors (Lipinski definition) is 3. The first-order chi connectivity index (χ1) is 21.7. The summed E-state index contributed by atoms with van der Waals surface area (Å²) in [5, 5.41) is 0. The van der Waals surface area contributed by atoms with Gasteiger partial charge in [-0.25, -0.2) is 0 Å². The zero-order valence-corrected chi connectivity index (χ0v) is 24.6. The molecule has 0 aliphatic heterocycles. The van der Waals surface area contributed by atoms with Gasteiger partial charge in [-0.2, -0.15) is 0 Å².